The summed E-state index contributed by atoms with van der Waals surface area (Å²) in [6.45, 7) is 7.48. The lowest BCUT2D eigenvalue weighted by atomic mass is 10.1. The highest BCUT2D eigenvalue weighted by molar-refractivity contribution is 7.07. The first kappa shape index (κ1) is 13.0. The fraction of sp³-hybridized carbons (Fsp3) is 0.692. The van der Waals surface area contributed by atoms with Crippen LogP contribution in [-0.2, 0) is 15.9 Å². The van der Waals surface area contributed by atoms with E-state index >= 15 is 0 Å². The Bertz CT molecular complexity index is 324. The third-order valence-corrected chi connectivity index (χ3v) is 3.56. The molecule has 1 aromatic heterocycles. The van der Waals surface area contributed by atoms with E-state index in [1.165, 1.54) is 5.56 Å². The molecule has 1 saturated heterocycles. The van der Waals surface area contributed by atoms with Crippen LogP contribution >= 0.6 is 11.3 Å². The maximum atomic E-state index is 5.93. The van der Waals surface area contributed by atoms with E-state index in [0.29, 0.717) is 6.61 Å². The third-order valence-electron chi connectivity index (χ3n) is 2.83. The minimum Gasteiger partial charge on any atom is -0.378 e. The van der Waals surface area contributed by atoms with Crippen LogP contribution in [0.5, 0.6) is 0 Å². The Balaban J connectivity index is 1.62. The summed E-state index contributed by atoms with van der Waals surface area (Å²) in [6.07, 6.45) is 1.17. The molecule has 1 N–H and O–H groups in total. The molecule has 0 spiro atoms. The molecule has 0 saturated carbocycles. The number of morpholine rings is 1. The van der Waals surface area contributed by atoms with Crippen LogP contribution in [0.3, 0.4) is 0 Å². The normalized spacial score (nSPS) is 23.8. The van der Waals surface area contributed by atoms with Crippen molar-refractivity contribution in [2.45, 2.75) is 32.0 Å². The highest BCUT2D eigenvalue weighted by Crippen LogP contribution is 2.15. The van der Waals surface area contributed by atoms with Crippen molar-refractivity contribution in [1.29, 1.82) is 0 Å². The van der Waals surface area contributed by atoms with E-state index in [4.69, 9.17) is 9.47 Å². The Labute approximate surface area is 107 Å². The van der Waals surface area contributed by atoms with Gasteiger partial charge >= 0.3 is 0 Å². The zero-order valence-electron chi connectivity index (χ0n) is 10.6. The lowest BCUT2D eigenvalue weighted by molar-refractivity contribution is -0.119. The minimum absolute atomic E-state index is 0.0698. The van der Waals surface area contributed by atoms with E-state index in [-0.39, 0.29) is 11.7 Å². The van der Waals surface area contributed by atoms with Crippen molar-refractivity contribution in [3.63, 3.8) is 0 Å². The van der Waals surface area contributed by atoms with Crippen LogP contribution in [-0.4, -0.2) is 38.0 Å². The van der Waals surface area contributed by atoms with Crippen LogP contribution in [0.2, 0.25) is 0 Å². The Hall–Kier alpha value is -0.420. The second kappa shape index (κ2) is 5.96. The van der Waals surface area contributed by atoms with Gasteiger partial charge in [-0.25, -0.2) is 0 Å². The van der Waals surface area contributed by atoms with Gasteiger partial charge in [0.1, 0.15) is 0 Å². The first-order valence-corrected chi connectivity index (χ1v) is 7.07. The lowest BCUT2D eigenvalue weighted by Crippen LogP contribution is -2.51. The molecule has 0 radical (unpaired) electrons. The summed E-state index contributed by atoms with van der Waals surface area (Å²) in [5.41, 5.74) is 1.29. The minimum atomic E-state index is -0.0698. The molecule has 1 fully saturated rings. The van der Waals surface area contributed by atoms with E-state index in [0.717, 1.165) is 26.1 Å². The van der Waals surface area contributed by atoms with E-state index < -0.39 is 0 Å². The van der Waals surface area contributed by atoms with Gasteiger partial charge in [0.05, 0.1) is 24.9 Å². The maximum Gasteiger partial charge on any atom is 0.0940 e. The van der Waals surface area contributed by atoms with Crippen molar-refractivity contribution in [3.05, 3.63) is 22.4 Å². The van der Waals surface area contributed by atoms with Gasteiger partial charge in [-0.1, -0.05) is 0 Å². The van der Waals surface area contributed by atoms with E-state index in [1.807, 2.05) is 0 Å². The number of hydrogen-bond acceptors (Lipinski definition) is 4. The van der Waals surface area contributed by atoms with Gasteiger partial charge in [-0.2, -0.15) is 11.3 Å². The zero-order chi connectivity index (χ0) is 12.1. The molecule has 1 atom stereocenters. The summed E-state index contributed by atoms with van der Waals surface area (Å²) in [5.74, 6) is 0. The van der Waals surface area contributed by atoms with Crippen molar-refractivity contribution >= 4 is 11.3 Å². The van der Waals surface area contributed by atoms with Gasteiger partial charge in [0.15, 0.2) is 0 Å². The van der Waals surface area contributed by atoms with Gasteiger partial charge in [0.2, 0.25) is 0 Å². The zero-order valence-corrected chi connectivity index (χ0v) is 11.4. The smallest absolute Gasteiger partial charge is 0.0940 e. The highest BCUT2D eigenvalue weighted by atomic mass is 32.1. The SMILES string of the molecule is CC1(C)CNCC(COCCc2ccsc2)O1. The quantitative estimate of drug-likeness (QED) is 0.817. The average molecular weight is 255 g/mol. The summed E-state index contributed by atoms with van der Waals surface area (Å²) >= 11 is 1.74. The Morgan fingerprint density at radius 3 is 3.18 bits per heavy atom. The Morgan fingerprint density at radius 1 is 1.59 bits per heavy atom. The lowest BCUT2D eigenvalue weighted by Gasteiger charge is -2.36. The number of nitrogens with one attached hydrogen (secondary N) is 1. The monoisotopic (exact) mass is 255 g/mol. The maximum absolute atomic E-state index is 5.93. The van der Waals surface area contributed by atoms with Gasteiger partial charge in [-0.05, 0) is 42.7 Å². The van der Waals surface area contributed by atoms with Crippen LogP contribution < -0.4 is 5.32 Å². The second-order valence-corrected chi connectivity index (χ2v) is 5.87. The standard InChI is InChI=1S/C13H21NO2S/c1-13(2)10-14-7-12(16-13)8-15-5-3-11-4-6-17-9-11/h4,6,9,12,14H,3,5,7-8,10H2,1-2H3. The Kier molecular flexibility index (Phi) is 4.56. The molecule has 0 aromatic carbocycles. The number of rotatable bonds is 5. The molecule has 1 aliphatic rings. The molecular formula is C13H21NO2S. The van der Waals surface area contributed by atoms with Crippen LogP contribution in [0.25, 0.3) is 0 Å². The summed E-state index contributed by atoms with van der Waals surface area (Å²) < 4.78 is 11.6. The van der Waals surface area contributed by atoms with Gasteiger partial charge in [0.25, 0.3) is 0 Å². The third kappa shape index (κ3) is 4.39. The molecule has 0 aliphatic carbocycles. The molecule has 1 unspecified atom stereocenters. The van der Waals surface area contributed by atoms with Crippen LogP contribution in [0, 0.1) is 0 Å². The molecule has 3 nitrogen and oxygen atoms in total. The number of hydrogen-bond donors (Lipinski definition) is 1. The number of ether oxygens (including phenoxy) is 2. The topological polar surface area (TPSA) is 30.5 Å². The van der Waals surface area contributed by atoms with Crippen molar-refractivity contribution < 1.29 is 9.47 Å². The highest BCUT2D eigenvalue weighted by Gasteiger charge is 2.28. The van der Waals surface area contributed by atoms with Crippen molar-refractivity contribution in [2.24, 2.45) is 0 Å². The fourth-order valence-corrected chi connectivity index (χ4v) is 2.70. The summed E-state index contributed by atoms with van der Waals surface area (Å²) in [4.78, 5) is 0. The van der Waals surface area contributed by atoms with Crippen LogP contribution in [0.15, 0.2) is 16.8 Å². The fourth-order valence-electron chi connectivity index (χ4n) is 2.00. The van der Waals surface area contributed by atoms with E-state index in [2.05, 4.69) is 36.0 Å². The predicted molar refractivity (Wildman–Crippen MR) is 70.7 cm³/mol. The summed E-state index contributed by atoms with van der Waals surface area (Å²) in [5, 5.41) is 7.65. The second-order valence-electron chi connectivity index (χ2n) is 5.09. The molecule has 96 valence electrons. The first-order valence-electron chi connectivity index (χ1n) is 6.13. The molecular weight excluding hydrogens is 234 g/mol. The molecule has 1 aliphatic heterocycles. The molecule has 2 rings (SSSR count). The van der Waals surface area contributed by atoms with Gasteiger partial charge in [-0.15, -0.1) is 0 Å². The molecule has 17 heavy (non-hydrogen) atoms. The van der Waals surface area contributed by atoms with Gasteiger partial charge in [-0.3, -0.25) is 0 Å². The largest absolute Gasteiger partial charge is 0.378 e. The number of thiophene rings is 1. The Morgan fingerprint density at radius 2 is 2.47 bits per heavy atom. The molecule has 2 heterocycles. The van der Waals surface area contributed by atoms with Gasteiger partial charge in [0, 0.05) is 13.1 Å². The van der Waals surface area contributed by atoms with Gasteiger partial charge < -0.3 is 14.8 Å². The predicted octanol–water partition coefficient (Wildman–Crippen LogP) is 2.07. The molecule has 1 aromatic rings. The summed E-state index contributed by atoms with van der Waals surface area (Å²) in [7, 11) is 0. The molecule has 4 heteroatoms. The molecule has 0 amide bonds. The van der Waals surface area contributed by atoms with Crippen LogP contribution in [0.1, 0.15) is 19.4 Å². The molecule has 0 bridgehead atoms. The van der Waals surface area contributed by atoms with Crippen molar-refractivity contribution in [1.82, 2.24) is 5.32 Å². The average Bonchev–Trinajstić information content (AvgIpc) is 2.76. The summed E-state index contributed by atoms with van der Waals surface area (Å²) in [6, 6.07) is 2.15. The van der Waals surface area contributed by atoms with Crippen molar-refractivity contribution in [3.8, 4) is 0 Å². The van der Waals surface area contributed by atoms with Crippen molar-refractivity contribution in [2.75, 3.05) is 26.3 Å². The van der Waals surface area contributed by atoms with Crippen LogP contribution in [0.4, 0.5) is 0 Å². The van der Waals surface area contributed by atoms with E-state index in [9.17, 15) is 0 Å². The van der Waals surface area contributed by atoms with E-state index in [1.54, 1.807) is 11.3 Å². The first-order chi connectivity index (χ1) is 8.16.